The third-order valence-electron chi connectivity index (χ3n) is 3.63. The molecule has 3 aromatic carbocycles. The maximum Gasteiger partial charge on any atom is 0.294 e. The minimum absolute atomic E-state index is 0.312. The van der Waals surface area contributed by atoms with Crippen LogP contribution >= 0.6 is 0 Å². The zero-order valence-electron chi connectivity index (χ0n) is 11.9. The van der Waals surface area contributed by atoms with Crippen LogP contribution in [0.3, 0.4) is 0 Å². The average molecular weight is 330 g/mol. The predicted octanol–water partition coefficient (Wildman–Crippen LogP) is 2.62. The summed E-state index contributed by atoms with van der Waals surface area (Å²) in [6.45, 7) is 0. The number of phenols is 1. The lowest BCUT2D eigenvalue weighted by atomic mass is 9.98. The highest BCUT2D eigenvalue weighted by Crippen LogP contribution is 2.38. The SMILES string of the molecule is Nc1ccc(-c2ccc3cc(S(=O)(=O)O)cc(O)c3c2N)cc1. The smallest absolute Gasteiger partial charge is 0.294 e. The van der Waals surface area contributed by atoms with Gasteiger partial charge in [-0.2, -0.15) is 8.42 Å². The van der Waals surface area contributed by atoms with E-state index in [0.29, 0.717) is 27.7 Å². The van der Waals surface area contributed by atoms with Crippen molar-refractivity contribution >= 4 is 32.3 Å². The predicted molar refractivity (Wildman–Crippen MR) is 89.7 cm³/mol. The zero-order valence-corrected chi connectivity index (χ0v) is 12.7. The lowest BCUT2D eigenvalue weighted by Gasteiger charge is -2.12. The molecule has 23 heavy (non-hydrogen) atoms. The Bertz CT molecular complexity index is 1010. The summed E-state index contributed by atoms with van der Waals surface area (Å²) in [6.07, 6.45) is 0. The zero-order chi connectivity index (χ0) is 16.8. The molecule has 118 valence electrons. The normalized spacial score (nSPS) is 11.7. The first-order valence-corrected chi connectivity index (χ1v) is 8.10. The van der Waals surface area contributed by atoms with Crippen LogP contribution in [0.5, 0.6) is 5.75 Å². The lowest BCUT2D eigenvalue weighted by molar-refractivity contribution is 0.471. The van der Waals surface area contributed by atoms with Gasteiger partial charge in [0.15, 0.2) is 0 Å². The Labute approximate surface area is 132 Å². The molecule has 0 radical (unpaired) electrons. The third kappa shape index (κ3) is 2.67. The highest BCUT2D eigenvalue weighted by molar-refractivity contribution is 7.85. The summed E-state index contributed by atoms with van der Waals surface area (Å²) in [5.41, 5.74) is 14.2. The van der Waals surface area contributed by atoms with Gasteiger partial charge in [0.1, 0.15) is 5.75 Å². The fourth-order valence-corrected chi connectivity index (χ4v) is 3.04. The van der Waals surface area contributed by atoms with E-state index in [1.807, 2.05) is 0 Å². The van der Waals surface area contributed by atoms with Gasteiger partial charge in [-0.3, -0.25) is 4.55 Å². The molecule has 0 atom stereocenters. The molecule has 6 nitrogen and oxygen atoms in total. The van der Waals surface area contributed by atoms with Crippen LogP contribution in [0.2, 0.25) is 0 Å². The van der Waals surface area contributed by atoms with E-state index < -0.39 is 10.1 Å². The van der Waals surface area contributed by atoms with Crippen molar-refractivity contribution in [1.29, 1.82) is 0 Å². The molecular formula is C16H14N2O4S. The maximum atomic E-state index is 11.2. The van der Waals surface area contributed by atoms with Crippen LogP contribution in [0.15, 0.2) is 53.4 Å². The summed E-state index contributed by atoms with van der Waals surface area (Å²) in [5.74, 6) is -0.315. The van der Waals surface area contributed by atoms with Gasteiger partial charge in [0, 0.05) is 22.7 Å². The first-order chi connectivity index (χ1) is 10.8. The molecule has 0 aliphatic heterocycles. The lowest BCUT2D eigenvalue weighted by Crippen LogP contribution is -1.99. The van der Waals surface area contributed by atoms with Crippen LogP contribution < -0.4 is 11.5 Å². The molecule has 0 aliphatic rings. The van der Waals surface area contributed by atoms with Crippen molar-refractivity contribution in [3.05, 3.63) is 48.5 Å². The first kappa shape index (κ1) is 15.1. The molecule has 0 saturated heterocycles. The molecule has 0 fully saturated rings. The topological polar surface area (TPSA) is 127 Å². The number of nitrogen functional groups attached to an aromatic ring is 2. The van der Waals surface area contributed by atoms with Crippen molar-refractivity contribution < 1.29 is 18.1 Å². The largest absolute Gasteiger partial charge is 0.507 e. The summed E-state index contributed by atoms with van der Waals surface area (Å²) in [5, 5.41) is 10.9. The van der Waals surface area contributed by atoms with E-state index in [2.05, 4.69) is 0 Å². The molecule has 0 unspecified atom stereocenters. The van der Waals surface area contributed by atoms with E-state index in [1.54, 1.807) is 36.4 Å². The molecule has 3 rings (SSSR count). The van der Waals surface area contributed by atoms with E-state index in [1.165, 1.54) is 6.07 Å². The van der Waals surface area contributed by atoms with Crippen molar-refractivity contribution in [3.8, 4) is 16.9 Å². The summed E-state index contributed by atoms with van der Waals surface area (Å²) in [7, 11) is -4.41. The van der Waals surface area contributed by atoms with Crippen LogP contribution in [0.25, 0.3) is 21.9 Å². The fraction of sp³-hybridized carbons (Fsp3) is 0. The second-order valence-electron chi connectivity index (χ2n) is 5.16. The highest BCUT2D eigenvalue weighted by Gasteiger charge is 2.16. The van der Waals surface area contributed by atoms with E-state index in [0.717, 1.165) is 11.6 Å². The Kier molecular flexibility index (Phi) is 3.39. The van der Waals surface area contributed by atoms with E-state index in [9.17, 15) is 13.5 Å². The number of hydrogen-bond donors (Lipinski definition) is 4. The molecule has 0 amide bonds. The first-order valence-electron chi connectivity index (χ1n) is 6.66. The second kappa shape index (κ2) is 5.15. The maximum absolute atomic E-state index is 11.2. The van der Waals surface area contributed by atoms with Crippen molar-refractivity contribution in [1.82, 2.24) is 0 Å². The summed E-state index contributed by atoms with van der Waals surface area (Å²) < 4.78 is 31.6. The molecule has 0 heterocycles. The van der Waals surface area contributed by atoms with Gasteiger partial charge in [0.25, 0.3) is 10.1 Å². The minimum Gasteiger partial charge on any atom is -0.507 e. The Hall–Kier alpha value is -2.77. The van der Waals surface area contributed by atoms with Crippen LogP contribution in [0.1, 0.15) is 0 Å². The summed E-state index contributed by atoms with van der Waals surface area (Å²) in [4.78, 5) is -0.387. The summed E-state index contributed by atoms with van der Waals surface area (Å²) >= 11 is 0. The Morgan fingerprint density at radius 2 is 1.57 bits per heavy atom. The molecule has 3 aromatic rings. The average Bonchev–Trinajstić information content (AvgIpc) is 2.47. The molecule has 0 saturated carbocycles. The van der Waals surface area contributed by atoms with Gasteiger partial charge in [-0.05, 0) is 29.1 Å². The van der Waals surface area contributed by atoms with E-state index >= 15 is 0 Å². The van der Waals surface area contributed by atoms with Gasteiger partial charge in [0.05, 0.1) is 10.6 Å². The van der Waals surface area contributed by atoms with Gasteiger partial charge >= 0.3 is 0 Å². The van der Waals surface area contributed by atoms with Crippen molar-refractivity contribution in [2.45, 2.75) is 4.90 Å². The van der Waals surface area contributed by atoms with Crippen LogP contribution in [-0.2, 0) is 10.1 Å². The number of benzene rings is 3. The van der Waals surface area contributed by atoms with Gasteiger partial charge in [-0.15, -0.1) is 0 Å². The van der Waals surface area contributed by atoms with Gasteiger partial charge in [0.2, 0.25) is 0 Å². The standard InChI is InChI=1S/C16H14N2O4S/c17-11-4-1-9(2-5-11)13-6-3-10-7-12(23(20,21)22)8-14(19)15(10)16(13)18/h1-8,19H,17-18H2,(H,20,21,22). The van der Waals surface area contributed by atoms with E-state index in [-0.39, 0.29) is 10.6 Å². The Morgan fingerprint density at radius 1 is 0.913 bits per heavy atom. The molecule has 0 aliphatic carbocycles. The van der Waals surface area contributed by atoms with Crippen molar-refractivity contribution in [2.75, 3.05) is 11.5 Å². The van der Waals surface area contributed by atoms with Crippen LogP contribution in [0, 0.1) is 0 Å². The number of phenolic OH excluding ortho intramolecular Hbond substituents is 1. The van der Waals surface area contributed by atoms with Crippen molar-refractivity contribution in [3.63, 3.8) is 0 Å². The van der Waals surface area contributed by atoms with Gasteiger partial charge in [-0.25, -0.2) is 0 Å². The second-order valence-corrected chi connectivity index (χ2v) is 6.59. The highest BCUT2D eigenvalue weighted by atomic mass is 32.2. The number of rotatable bonds is 2. The quantitative estimate of drug-likeness (QED) is 0.422. The number of fused-ring (bicyclic) bond motifs is 1. The van der Waals surface area contributed by atoms with Crippen LogP contribution in [0.4, 0.5) is 11.4 Å². The minimum atomic E-state index is -4.41. The number of hydrogen-bond acceptors (Lipinski definition) is 5. The number of anilines is 2. The molecule has 6 N–H and O–H groups in total. The molecule has 7 heteroatoms. The fourth-order valence-electron chi connectivity index (χ4n) is 2.51. The Balaban J connectivity index is 2.28. The van der Waals surface area contributed by atoms with Gasteiger partial charge < -0.3 is 16.6 Å². The Morgan fingerprint density at radius 3 is 2.17 bits per heavy atom. The third-order valence-corrected chi connectivity index (χ3v) is 4.46. The monoisotopic (exact) mass is 330 g/mol. The van der Waals surface area contributed by atoms with Crippen LogP contribution in [-0.4, -0.2) is 18.1 Å². The number of aromatic hydroxyl groups is 1. The molecule has 0 bridgehead atoms. The molecule has 0 spiro atoms. The summed E-state index contributed by atoms with van der Waals surface area (Å²) in [6, 6.07) is 12.7. The van der Waals surface area contributed by atoms with Gasteiger partial charge in [-0.1, -0.05) is 24.3 Å². The number of nitrogens with two attached hydrogens (primary N) is 2. The van der Waals surface area contributed by atoms with Crippen molar-refractivity contribution in [2.24, 2.45) is 0 Å². The molecular weight excluding hydrogens is 316 g/mol. The molecule has 0 aromatic heterocycles. The van der Waals surface area contributed by atoms with E-state index in [4.69, 9.17) is 16.0 Å².